The number of carbonyl (C=O) groups is 2. The van der Waals surface area contributed by atoms with Crippen LogP contribution in [0.5, 0.6) is 0 Å². The maximum Gasteiger partial charge on any atom is 0.267 e. The Morgan fingerprint density at radius 1 is 1.57 bits per heavy atom. The van der Waals surface area contributed by atoms with Gasteiger partial charge in [0.2, 0.25) is 5.91 Å². The number of nitrogens with one attached hydrogen (secondary N) is 2. The number of amides is 2. The average Bonchev–Trinajstić information content (AvgIpc) is 3.01. The van der Waals surface area contributed by atoms with Gasteiger partial charge in [-0.05, 0) is 26.8 Å². The van der Waals surface area contributed by atoms with E-state index in [0.717, 1.165) is 0 Å². The Morgan fingerprint density at radius 3 is 2.81 bits per heavy atom. The van der Waals surface area contributed by atoms with Gasteiger partial charge >= 0.3 is 0 Å². The molecule has 0 aromatic carbocycles. The molecule has 0 unspecified atom stereocenters. The van der Waals surface area contributed by atoms with E-state index in [1.54, 1.807) is 0 Å². The molecule has 2 rings (SSSR count). The third kappa shape index (κ3) is 3.43. The standard InChI is InChI=1S/C15H20N4O2/c1-15(2,3)19-9-11(5-13(19)20)8-18-14(21)12-4-10(6-16)7-17-12/h4,7,11,17H,5,8-9H2,1-3H3,(H,18,21)/t11-/m0/s1. The largest absolute Gasteiger partial charge is 0.356 e. The van der Waals surface area contributed by atoms with Gasteiger partial charge in [-0.3, -0.25) is 9.59 Å². The molecule has 2 heterocycles. The lowest BCUT2D eigenvalue weighted by Crippen LogP contribution is -2.42. The van der Waals surface area contributed by atoms with E-state index < -0.39 is 0 Å². The average molecular weight is 288 g/mol. The zero-order chi connectivity index (χ0) is 15.6. The molecule has 0 saturated carbocycles. The minimum absolute atomic E-state index is 0.131. The maximum atomic E-state index is 12.0. The van der Waals surface area contributed by atoms with Crippen LogP contribution in [0, 0.1) is 17.2 Å². The number of nitrogens with zero attached hydrogens (tertiary/aromatic N) is 2. The van der Waals surface area contributed by atoms with Gasteiger partial charge in [-0.15, -0.1) is 0 Å². The second-order valence-electron chi connectivity index (χ2n) is 6.37. The van der Waals surface area contributed by atoms with E-state index >= 15 is 0 Å². The van der Waals surface area contributed by atoms with Crippen molar-refractivity contribution in [2.45, 2.75) is 32.7 Å². The van der Waals surface area contributed by atoms with Crippen LogP contribution in [0.1, 0.15) is 43.2 Å². The molecule has 0 bridgehead atoms. The molecule has 0 radical (unpaired) electrons. The van der Waals surface area contributed by atoms with Gasteiger partial charge < -0.3 is 15.2 Å². The third-order valence-electron chi connectivity index (χ3n) is 3.62. The normalized spacial score (nSPS) is 18.7. The molecule has 2 amide bonds. The highest BCUT2D eigenvalue weighted by Gasteiger charge is 2.36. The van der Waals surface area contributed by atoms with Crippen molar-refractivity contribution in [3.63, 3.8) is 0 Å². The first-order chi connectivity index (χ1) is 9.81. The van der Waals surface area contributed by atoms with E-state index in [4.69, 9.17) is 5.26 Å². The summed E-state index contributed by atoms with van der Waals surface area (Å²) in [5, 5.41) is 11.5. The smallest absolute Gasteiger partial charge is 0.267 e. The molecule has 0 aliphatic carbocycles. The molecule has 2 N–H and O–H groups in total. The lowest BCUT2D eigenvalue weighted by molar-refractivity contribution is -0.131. The van der Waals surface area contributed by atoms with Gasteiger partial charge in [0, 0.05) is 37.2 Å². The molecular weight excluding hydrogens is 268 g/mol. The molecule has 6 heteroatoms. The lowest BCUT2D eigenvalue weighted by atomic mass is 10.1. The van der Waals surface area contributed by atoms with Crippen molar-refractivity contribution < 1.29 is 9.59 Å². The molecule has 0 spiro atoms. The van der Waals surface area contributed by atoms with E-state index in [1.165, 1.54) is 12.3 Å². The van der Waals surface area contributed by atoms with Crippen molar-refractivity contribution in [2.75, 3.05) is 13.1 Å². The Hall–Kier alpha value is -2.29. The number of H-pyrrole nitrogens is 1. The number of aromatic nitrogens is 1. The number of carbonyl (C=O) groups excluding carboxylic acids is 2. The van der Waals surface area contributed by atoms with Crippen LogP contribution in [-0.2, 0) is 4.79 Å². The van der Waals surface area contributed by atoms with Crippen LogP contribution in [0.15, 0.2) is 12.3 Å². The minimum Gasteiger partial charge on any atom is -0.356 e. The van der Waals surface area contributed by atoms with E-state index in [2.05, 4.69) is 10.3 Å². The fourth-order valence-electron chi connectivity index (χ4n) is 2.49. The highest BCUT2D eigenvalue weighted by Crippen LogP contribution is 2.25. The maximum absolute atomic E-state index is 12.0. The molecule has 21 heavy (non-hydrogen) atoms. The zero-order valence-corrected chi connectivity index (χ0v) is 12.6. The van der Waals surface area contributed by atoms with Gasteiger partial charge in [0.25, 0.3) is 5.91 Å². The molecule has 1 aromatic heterocycles. The van der Waals surface area contributed by atoms with Crippen LogP contribution in [0.2, 0.25) is 0 Å². The number of likely N-dealkylation sites (tertiary alicyclic amines) is 1. The van der Waals surface area contributed by atoms with Crippen LogP contribution in [0.25, 0.3) is 0 Å². The van der Waals surface area contributed by atoms with Crippen LogP contribution >= 0.6 is 0 Å². The number of hydrogen-bond donors (Lipinski definition) is 2. The summed E-state index contributed by atoms with van der Waals surface area (Å²) < 4.78 is 0. The van der Waals surface area contributed by atoms with Gasteiger partial charge in [-0.1, -0.05) is 0 Å². The van der Waals surface area contributed by atoms with Crippen LogP contribution in [-0.4, -0.2) is 40.3 Å². The molecule has 1 aliphatic heterocycles. The molecule has 112 valence electrons. The summed E-state index contributed by atoms with van der Waals surface area (Å²) >= 11 is 0. The summed E-state index contributed by atoms with van der Waals surface area (Å²) in [5.41, 5.74) is 0.607. The molecular formula is C15H20N4O2. The predicted octanol–water partition coefficient (Wildman–Crippen LogP) is 1.26. The Morgan fingerprint density at radius 2 is 2.29 bits per heavy atom. The number of aromatic amines is 1. The molecule has 6 nitrogen and oxygen atoms in total. The Labute approximate surface area is 124 Å². The summed E-state index contributed by atoms with van der Waals surface area (Å²) in [5.74, 6) is 0.0117. The van der Waals surface area contributed by atoms with E-state index in [9.17, 15) is 9.59 Å². The summed E-state index contributed by atoms with van der Waals surface area (Å²) in [4.78, 5) is 28.5. The number of nitriles is 1. The molecule has 1 atom stereocenters. The van der Waals surface area contributed by atoms with Crippen molar-refractivity contribution in [3.8, 4) is 6.07 Å². The first-order valence-corrected chi connectivity index (χ1v) is 6.98. The fourth-order valence-corrected chi connectivity index (χ4v) is 2.49. The summed E-state index contributed by atoms with van der Waals surface area (Å²) in [6.45, 7) is 7.14. The van der Waals surface area contributed by atoms with E-state index in [-0.39, 0.29) is 23.3 Å². The SMILES string of the molecule is CC(C)(C)N1C[C@H](CNC(=O)c2cc(C#N)c[nH]2)CC1=O. The van der Waals surface area contributed by atoms with E-state index in [1.807, 2.05) is 31.7 Å². The van der Waals surface area contributed by atoms with Crippen molar-refractivity contribution in [1.82, 2.24) is 15.2 Å². The lowest BCUT2D eigenvalue weighted by Gasteiger charge is -2.32. The third-order valence-corrected chi connectivity index (χ3v) is 3.62. The van der Waals surface area contributed by atoms with E-state index in [0.29, 0.717) is 30.8 Å². The fraction of sp³-hybridized carbons (Fsp3) is 0.533. The van der Waals surface area contributed by atoms with Crippen LogP contribution < -0.4 is 5.32 Å². The second kappa shape index (κ2) is 5.60. The Bertz CT molecular complexity index is 592. The van der Waals surface area contributed by atoms with Gasteiger partial charge in [-0.25, -0.2) is 0 Å². The number of rotatable bonds is 3. The highest BCUT2D eigenvalue weighted by atomic mass is 16.2. The van der Waals surface area contributed by atoms with Crippen LogP contribution in [0.4, 0.5) is 0 Å². The van der Waals surface area contributed by atoms with Crippen molar-refractivity contribution in [1.29, 1.82) is 5.26 Å². The Kier molecular flexibility index (Phi) is 4.03. The van der Waals surface area contributed by atoms with Gasteiger partial charge in [0.15, 0.2) is 0 Å². The van der Waals surface area contributed by atoms with Gasteiger partial charge in [-0.2, -0.15) is 5.26 Å². The minimum atomic E-state index is -0.252. The van der Waals surface area contributed by atoms with Crippen molar-refractivity contribution in [2.24, 2.45) is 5.92 Å². The first kappa shape index (κ1) is 15.1. The molecule has 1 aromatic rings. The molecule has 1 aliphatic rings. The summed E-state index contributed by atoms with van der Waals surface area (Å²) in [7, 11) is 0. The highest BCUT2D eigenvalue weighted by molar-refractivity contribution is 5.92. The molecule has 1 fully saturated rings. The van der Waals surface area contributed by atoms with Gasteiger partial charge in [0.05, 0.1) is 5.56 Å². The van der Waals surface area contributed by atoms with Crippen molar-refractivity contribution in [3.05, 3.63) is 23.5 Å². The first-order valence-electron chi connectivity index (χ1n) is 6.98. The quantitative estimate of drug-likeness (QED) is 0.877. The second-order valence-corrected chi connectivity index (χ2v) is 6.37. The predicted molar refractivity (Wildman–Crippen MR) is 77.4 cm³/mol. The summed E-state index contributed by atoms with van der Waals surface area (Å²) in [6.07, 6.45) is 1.96. The summed E-state index contributed by atoms with van der Waals surface area (Å²) in [6, 6.07) is 3.48. The Balaban J connectivity index is 1.88. The van der Waals surface area contributed by atoms with Gasteiger partial charge in [0.1, 0.15) is 11.8 Å². The molecule has 1 saturated heterocycles. The van der Waals surface area contributed by atoms with Crippen LogP contribution in [0.3, 0.4) is 0 Å². The zero-order valence-electron chi connectivity index (χ0n) is 12.6. The topological polar surface area (TPSA) is 89.0 Å². The van der Waals surface area contributed by atoms with Crippen molar-refractivity contribution >= 4 is 11.8 Å². The number of hydrogen-bond acceptors (Lipinski definition) is 3. The monoisotopic (exact) mass is 288 g/mol.